The first-order valence-corrected chi connectivity index (χ1v) is 9.33. The van der Waals surface area contributed by atoms with Gasteiger partial charge in [0.25, 0.3) is 0 Å². The van der Waals surface area contributed by atoms with Gasteiger partial charge in [-0.1, -0.05) is 30.3 Å². The van der Waals surface area contributed by atoms with Gasteiger partial charge in [0.15, 0.2) is 5.82 Å². The van der Waals surface area contributed by atoms with Gasteiger partial charge in [0.1, 0.15) is 5.60 Å². The van der Waals surface area contributed by atoms with Crippen molar-refractivity contribution in [2.75, 3.05) is 25.0 Å². The number of carbonyl (C=O) groups is 1. The lowest BCUT2D eigenvalue weighted by Crippen LogP contribution is -2.44. The predicted octanol–water partition coefficient (Wildman–Crippen LogP) is 4.41. The normalized spacial score (nSPS) is 24.9. The number of amides is 1. The number of hydrogen-bond acceptors (Lipinski definition) is 5. The van der Waals surface area contributed by atoms with Gasteiger partial charge in [-0.25, -0.2) is 9.78 Å². The fourth-order valence-corrected chi connectivity index (χ4v) is 4.41. The summed E-state index contributed by atoms with van der Waals surface area (Å²) in [5.74, 6) is 0.582. The number of nitrogens with zero attached hydrogens (tertiary/aromatic N) is 2. The first-order valence-electron chi connectivity index (χ1n) is 8.45. The highest BCUT2D eigenvalue weighted by Gasteiger charge is 2.40. The number of anilines is 1. The molecule has 5 rings (SSSR count). The summed E-state index contributed by atoms with van der Waals surface area (Å²) >= 11 is 1.52. The summed E-state index contributed by atoms with van der Waals surface area (Å²) in [5, 5.41) is 2.86. The number of carbonyl (C=O) groups excluding carboxylic acids is 1. The minimum Gasteiger partial charge on any atom is -0.443 e. The molecule has 1 amide bonds. The van der Waals surface area contributed by atoms with E-state index in [4.69, 9.17) is 4.74 Å². The number of rotatable bonds is 3. The van der Waals surface area contributed by atoms with Crippen LogP contribution in [0.25, 0.3) is 10.4 Å². The van der Waals surface area contributed by atoms with Crippen LogP contribution in [0.2, 0.25) is 0 Å². The average molecular weight is 380 g/mol. The van der Waals surface area contributed by atoms with Gasteiger partial charge in [0.05, 0.1) is 10.4 Å². The van der Waals surface area contributed by atoms with Crippen LogP contribution < -0.4 is 5.32 Å². The highest BCUT2D eigenvalue weighted by Crippen LogP contribution is 2.36. The maximum absolute atomic E-state index is 12.5. The molecule has 5 nitrogen and oxygen atoms in total. The molecule has 2 aromatic rings. The van der Waals surface area contributed by atoms with E-state index >= 15 is 0 Å². The molecule has 0 aliphatic carbocycles. The lowest BCUT2D eigenvalue weighted by molar-refractivity contribution is -0.0176. The Kier molecular flexibility index (Phi) is 5.61. The monoisotopic (exact) mass is 379 g/mol. The maximum atomic E-state index is 12.5. The number of thiazole rings is 1. The maximum Gasteiger partial charge on any atom is 0.413 e. The number of ether oxygens (including phenoxy) is 1. The fraction of sp³-hybridized carbons (Fsp3) is 0.444. The van der Waals surface area contributed by atoms with Crippen molar-refractivity contribution in [2.24, 2.45) is 0 Å². The standard InChI is InChI=1S/C18H21N3O2S.ClH/c22-17(23-18-7-4-10-21(11-8-18)12-9-18)20-16-15(24-13-19-16)14-5-2-1-3-6-14;/h1-3,5-6,13H,4,7-12H2,(H,20,22);1H. The zero-order chi connectivity index (χ0) is 16.4. The number of halogens is 1. The SMILES string of the molecule is Cl.O=C(Nc1ncsc1-c1ccccc1)OC12CCCN(CC1)CC2. The molecule has 0 unspecified atom stereocenters. The highest BCUT2D eigenvalue weighted by molar-refractivity contribution is 7.13. The minimum absolute atomic E-state index is 0. The number of fused-ring (bicyclic) bond motifs is 4. The van der Waals surface area contributed by atoms with E-state index in [0.29, 0.717) is 5.82 Å². The summed E-state index contributed by atoms with van der Waals surface area (Å²) in [4.78, 5) is 20.2. The van der Waals surface area contributed by atoms with Crippen molar-refractivity contribution in [1.82, 2.24) is 9.88 Å². The lowest BCUT2D eigenvalue weighted by Gasteiger charge is -2.37. The summed E-state index contributed by atoms with van der Waals surface area (Å²) in [7, 11) is 0. The molecule has 0 atom stereocenters. The zero-order valence-corrected chi connectivity index (χ0v) is 15.6. The topological polar surface area (TPSA) is 54.5 Å². The van der Waals surface area contributed by atoms with Crippen LogP contribution in [0.1, 0.15) is 25.7 Å². The van der Waals surface area contributed by atoms with Crippen LogP contribution in [0.3, 0.4) is 0 Å². The molecule has 2 bridgehead atoms. The quantitative estimate of drug-likeness (QED) is 0.858. The summed E-state index contributed by atoms with van der Waals surface area (Å²) in [6.07, 6.45) is 3.54. The van der Waals surface area contributed by atoms with E-state index in [1.54, 1.807) is 5.51 Å². The first kappa shape index (κ1) is 18.2. The molecule has 1 aromatic heterocycles. The van der Waals surface area contributed by atoms with E-state index in [9.17, 15) is 4.79 Å². The lowest BCUT2D eigenvalue weighted by atomic mass is 9.89. The van der Waals surface area contributed by atoms with Crippen molar-refractivity contribution >= 4 is 35.7 Å². The number of nitrogens with one attached hydrogen (secondary N) is 1. The minimum atomic E-state index is -0.381. The third kappa shape index (κ3) is 3.97. The third-order valence-electron chi connectivity index (χ3n) is 5.01. The van der Waals surface area contributed by atoms with Crippen molar-refractivity contribution in [3.8, 4) is 10.4 Å². The molecule has 3 saturated heterocycles. The second-order valence-corrected chi connectivity index (χ2v) is 7.39. The van der Waals surface area contributed by atoms with Crippen molar-refractivity contribution < 1.29 is 9.53 Å². The van der Waals surface area contributed by atoms with Gasteiger partial charge in [0, 0.05) is 25.9 Å². The Morgan fingerprint density at radius 3 is 2.68 bits per heavy atom. The molecule has 3 fully saturated rings. The molecule has 4 heterocycles. The molecule has 1 aromatic carbocycles. The number of benzene rings is 1. The van der Waals surface area contributed by atoms with Crippen molar-refractivity contribution in [1.29, 1.82) is 0 Å². The Morgan fingerprint density at radius 2 is 1.92 bits per heavy atom. The summed E-state index contributed by atoms with van der Waals surface area (Å²) in [6.45, 7) is 3.18. The number of aromatic nitrogens is 1. The molecule has 1 N–H and O–H groups in total. The van der Waals surface area contributed by atoms with Crippen LogP contribution in [-0.2, 0) is 4.74 Å². The highest BCUT2D eigenvalue weighted by atomic mass is 35.5. The molecule has 3 aliphatic heterocycles. The van der Waals surface area contributed by atoms with Gasteiger partial charge in [-0.3, -0.25) is 5.32 Å². The molecule has 0 spiro atoms. The van der Waals surface area contributed by atoms with Crippen LogP contribution in [0, 0.1) is 0 Å². The summed E-state index contributed by atoms with van der Waals surface area (Å²) in [5.41, 5.74) is 2.51. The van der Waals surface area contributed by atoms with Gasteiger partial charge in [-0.2, -0.15) is 0 Å². The predicted molar refractivity (Wildman–Crippen MR) is 103 cm³/mol. The zero-order valence-electron chi connectivity index (χ0n) is 13.9. The Labute approximate surface area is 157 Å². The van der Waals surface area contributed by atoms with E-state index in [0.717, 1.165) is 55.8 Å². The van der Waals surface area contributed by atoms with Crippen LogP contribution in [-0.4, -0.2) is 41.2 Å². The van der Waals surface area contributed by atoms with Crippen LogP contribution in [0.4, 0.5) is 10.6 Å². The molecule has 7 heteroatoms. The smallest absolute Gasteiger partial charge is 0.413 e. The van der Waals surface area contributed by atoms with E-state index < -0.39 is 0 Å². The average Bonchev–Trinajstić information content (AvgIpc) is 2.85. The van der Waals surface area contributed by atoms with Crippen molar-refractivity contribution in [3.63, 3.8) is 0 Å². The third-order valence-corrected chi connectivity index (χ3v) is 5.88. The van der Waals surface area contributed by atoms with Gasteiger partial charge in [-0.15, -0.1) is 23.7 Å². The summed E-state index contributed by atoms with van der Waals surface area (Å²) in [6, 6.07) is 9.97. The van der Waals surface area contributed by atoms with E-state index in [2.05, 4.69) is 15.2 Å². The molecule has 134 valence electrons. The first-order chi connectivity index (χ1) is 11.7. The molecule has 25 heavy (non-hydrogen) atoms. The Morgan fingerprint density at radius 1 is 1.16 bits per heavy atom. The molecule has 0 radical (unpaired) electrons. The number of piperidine rings is 1. The molecule has 3 aliphatic rings. The van der Waals surface area contributed by atoms with E-state index in [1.807, 2.05) is 30.3 Å². The van der Waals surface area contributed by atoms with Crippen molar-refractivity contribution in [2.45, 2.75) is 31.3 Å². The molecule has 0 saturated carbocycles. The fourth-order valence-electron chi connectivity index (χ4n) is 3.66. The van der Waals surface area contributed by atoms with Crippen LogP contribution >= 0.6 is 23.7 Å². The summed E-state index contributed by atoms with van der Waals surface area (Å²) < 4.78 is 5.90. The second kappa shape index (κ2) is 7.72. The Balaban J connectivity index is 0.00000182. The Bertz CT molecular complexity index is 709. The molecular weight excluding hydrogens is 358 g/mol. The van der Waals surface area contributed by atoms with Gasteiger partial charge in [0.2, 0.25) is 0 Å². The Hall–Kier alpha value is -1.63. The van der Waals surface area contributed by atoms with Gasteiger partial charge >= 0.3 is 6.09 Å². The van der Waals surface area contributed by atoms with Gasteiger partial charge in [-0.05, 0) is 24.9 Å². The van der Waals surface area contributed by atoms with Crippen LogP contribution in [0.5, 0.6) is 0 Å². The van der Waals surface area contributed by atoms with Crippen molar-refractivity contribution in [3.05, 3.63) is 35.8 Å². The van der Waals surface area contributed by atoms with E-state index in [-0.39, 0.29) is 24.1 Å². The van der Waals surface area contributed by atoms with Crippen LogP contribution in [0.15, 0.2) is 35.8 Å². The number of hydrogen-bond donors (Lipinski definition) is 1. The van der Waals surface area contributed by atoms with E-state index in [1.165, 1.54) is 11.3 Å². The second-order valence-electron chi connectivity index (χ2n) is 6.54. The largest absolute Gasteiger partial charge is 0.443 e. The van der Waals surface area contributed by atoms with Gasteiger partial charge < -0.3 is 9.64 Å². The molecular formula is C18H22ClN3O2S.